The average Bonchev–Trinajstić information content (AvgIpc) is 2.68. The first-order chi connectivity index (χ1) is 13.9. The van der Waals surface area contributed by atoms with Gasteiger partial charge in [0.15, 0.2) is 0 Å². The third kappa shape index (κ3) is 5.48. The van der Waals surface area contributed by atoms with Crippen molar-refractivity contribution in [2.75, 3.05) is 0 Å². The van der Waals surface area contributed by atoms with E-state index in [-0.39, 0.29) is 12.2 Å². The van der Waals surface area contributed by atoms with Crippen molar-refractivity contribution in [2.45, 2.75) is 33.4 Å². The molecule has 4 nitrogen and oxygen atoms in total. The van der Waals surface area contributed by atoms with E-state index in [9.17, 15) is 9.59 Å². The van der Waals surface area contributed by atoms with Crippen LogP contribution in [0.1, 0.15) is 32.7 Å². The summed E-state index contributed by atoms with van der Waals surface area (Å²) in [6.07, 6.45) is 1.46. The van der Waals surface area contributed by atoms with Crippen LogP contribution in [-0.2, 0) is 19.6 Å². The van der Waals surface area contributed by atoms with Gasteiger partial charge in [0, 0.05) is 12.1 Å². The lowest BCUT2D eigenvalue weighted by Gasteiger charge is -2.16. The van der Waals surface area contributed by atoms with Gasteiger partial charge in [-0.1, -0.05) is 41.9 Å². The van der Waals surface area contributed by atoms with Crippen molar-refractivity contribution in [1.29, 1.82) is 0 Å². The molecule has 0 aliphatic carbocycles. The Morgan fingerprint density at radius 2 is 1.72 bits per heavy atom. The van der Waals surface area contributed by atoms with E-state index >= 15 is 0 Å². The summed E-state index contributed by atoms with van der Waals surface area (Å²) in [5, 5.41) is 0.509. The molecule has 0 atom stereocenters. The Morgan fingerprint density at radius 3 is 2.34 bits per heavy atom. The molecule has 0 radical (unpaired) electrons. The van der Waals surface area contributed by atoms with Crippen LogP contribution in [0.4, 0.5) is 0 Å². The Labute approximate surface area is 188 Å². The molecule has 29 heavy (non-hydrogen) atoms. The number of hydrogen-bond acceptors (Lipinski definition) is 3. The molecule has 3 aromatic rings. The number of aldehydes is 1. The standard InChI is InChI=1S/C23H21ClINO3/c1-15-9-16(2)11-19(10-15)29-14-22-20(24)12-21(25)23(28)26(22)8-7-17-3-5-18(13-27)6-4-17/h3-6,9-13H,7-8,14H2,1-2H3. The van der Waals surface area contributed by atoms with Gasteiger partial charge in [-0.3, -0.25) is 9.59 Å². The summed E-state index contributed by atoms with van der Waals surface area (Å²) in [7, 11) is 0. The van der Waals surface area contributed by atoms with Gasteiger partial charge in [0.2, 0.25) is 0 Å². The Kier molecular flexibility index (Phi) is 7.14. The van der Waals surface area contributed by atoms with E-state index in [0.29, 0.717) is 32.8 Å². The van der Waals surface area contributed by atoms with E-state index in [1.54, 1.807) is 22.8 Å². The second-order valence-corrected chi connectivity index (χ2v) is 8.53. The number of nitrogens with zero attached hydrogens (tertiary/aromatic N) is 1. The van der Waals surface area contributed by atoms with Crippen LogP contribution in [0.25, 0.3) is 0 Å². The summed E-state index contributed by atoms with van der Waals surface area (Å²) < 4.78 is 8.22. The fourth-order valence-corrected chi connectivity index (χ4v) is 4.24. The van der Waals surface area contributed by atoms with Gasteiger partial charge in [-0.05, 0) is 77.7 Å². The number of carbonyl (C=O) groups is 1. The van der Waals surface area contributed by atoms with Crippen molar-refractivity contribution in [1.82, 2.24) is 4.57 Å². The van der Waals surface area contributed by atoms with E-state index in [0.717, 1.165) is 28.7 Å². The SMILES string of the molecule is Cc1cc(C)cc(OCc2c(Cl)cc(I)c(=O)n2CCc2ccc(C=O)cc2)c1. The maximum atomic E-state index is 12.8. The number of aromatic nitrogens is 1. The average molecular weight is 522 g/mol. The molecule has 0 saturated carbocycles. The molecule has 0 bridgehead atoms. The quantitative estimate of drug-likeness (QED) is 0.311. The van der Waals surface area contributed by atoms with Crippen LogP contribution in [0.3, 0.4) is 0 Å². The monoisotopic (exact) mass is 521 g/mol. The highest BCUT2D eigenvalue weighted by Crippen LogP contribution is 2.22. The molecule has 0 spiro atoms. The highest BCUT2D eigenvalue weighted by Gasteiger charge is 2.14. The molecule has 0 fully saturated rings. The van der Waals surface area contributed by atoms with E-state index in [1.165, 1.54) is 0 Å². The number of rotatable bonds is 7. The van der Waals surface area contributed by atoms with Crippen LogP contribution < -0.4 is 10.3 Å². The zero-order valence-corrected chi connectivity index (χ0v) is 19.2. The molecule has 0 aliphatic rings. The van der Waals surface area contributed by atoms with E-state index in [2.05, 4.69) is 6.07 Å². The molecule has 3 rings (SSSR count). The zero-order chi connectivity index (χ0) is 21.0. The van der Waals surface area contributed by atoms with Crippen molar-refractivity contribution in [3.63, 3.8) is 0 Å². The number of carbonyl (C=O) groups excluding carboxylic acids is 1. The van der Waals surface area contributed by atoms with Crippen LogP contribution in [0, 0.1) is 17.4 Å². The van der Waals surface area contributed by atoms with Gasteiger partial charge in [-0.15, -0.1) is 0 Å². The van der Waals surface area contributed by atoms with Crippen molar-refractivity contribution >= 4 is 40.5 Å². The maximum absolute atomic E-state index is 12.8. The molecule has 2 aromatic carbocycles. The minimum Gasteiger partial charge on any atom is -0.487 e. The maximum Gasteiger partial charge on any atom is 0.264 e. The lowest BCUT2D eigenvalue weighted by molar-refractivity contribution is 0.112. The largest absolute Gasteiger partial charge is 0.487 e. The van der Waals surface area contributed by atoms with Gasteiger partial charge < -0.3 is 9.30 Å². The van der Waals surface area contributed by atoms with Gasteiger partial charge in [-0.2, -0.15) is 0 Å². The third-order valence-corrected chi connectivity index (χ3v) is 5.72. The van der Waals surface area contributed by atoms with Crippen LogP contribution in [0.15, 0.2) is 53.3 Å². The number of benzene rings is 2. The molecular weight excluding hydrogens is 501 g/mol. The topological polar surface area (TPSA) is 48.3 Å². The molecule has 0 unspecified atom stereocenters. The van der Waals surface area contributed by atoms with Crippen molar-refractivity contribution < 1.29 is 9.53 Å². The molecule has 0 amide bonds. The number of hydrogen-bond donors (Lipinski definition) is 0. The Hall–Kier alpha value is -2.12. The van der Waals surface area contributed by atoms with Crippen LogP contribution in [-0.4, -0.2) is 10.9 Å². The first-order valence-corrected chi connectivity index (χ1v) is 10.7. The van der Waals surface area contributed by atoms with Gasteiger partial charge in [0.05, 0.1) is 14.3 Å². The number of pyridine rings is 1. The minimum atomic E-state index is -0.0847. The Morgan fingerprint density at radius 1 is 1.07 bits per heavy atom. The summed E-state index contributed by atoms with van der Waals surface area (Å²) in [5.41, 5.74) is 4.47. The van der Waals surface area contributed by atoms with Gasteiger partial charge >= 0.3 is 0 Å². The second-order valence-electron chi connectivity index (χ2n) is 6.97. The normalized spacial score (nSPS) is 10.8. The summed E-state index contributed by atoms with van der Waals surface area (Å²) in [6.45, 7) is 4.71. The van der Waals surface area contributed by atoms with Crippen molar-refractivity contribution in [2.24, 2.45) is 0 Å². The summed E-state index contributed by atoms with van der Waals surface area (Å²) in [6, 6.07) is 15.0. The van der Waals surface area contributed by atoms with E-state index < -0.39 is 0 Å². The minimum absolute atomic E-state index is 0.0847. The molecule has 0 saturated heterocycles. The van der Waals surface area contributed by atoms with E-state index in [4.69, 9.17) is 16.3 Å². The summed E-state index contributed by atoms with van der Waals surface area (Å²) >= 11 is 8.48. The van der Waals surface area contributed by atoms with Gasteiger partial charge in [0.1, 0.15) is 18.6 Å². The first-order valence-electron chi connectivity index (χ1n) is 9.20. The molecule has 0 aliphatic heterocycles. The molecule has 150 valence electrons. The molecule has 0 N–H and O–H groups in total. The van der Waals surface area contributed by atoms with Crippen LogP contribution in [0.5, 0.6) is 5.75 Å². The lowest BCUT2D eigenvalue weighted by atomic mass is 10.1. The summed E-state index contributed by atoms with van der Waals surface area (Å²) in [4.78, 5) is 23.6. The predicted octanol–water partition coefficient (Wildman–Crippen LogP) is 5.36. The van der Waals surface area contributed by atoms with Gasteiger partial charge in [-0.25, -0.2) is 0 Å². The fourth-order valence-electron chi connectivity index (χ4n) is 3.19. The molecular formula is C23H21ClINO3. The number of ether oxygens (including phenoxy) is 1. The predicted molar refractivity (Wildman–Crippen MR) is 124 cm³/mol. The summed E-state index contributed by atoms with van der Waals surface area (Å²) in [5.74, 6) is 0.751. The van der Waals surface area contributed by atoms with Crippen molar-refractivity contribution in [3.8, 4) is 5.75 Å². The zero-order valence-electron chi connectivity index (χ0n) is 16.2. The highest BCUT2D eigenvalue weighted by molar-refractivity contribution is 14.1. The van der Waals surface area contributed by atoms with E-state index in [1.807, 2.05) is 60.7 Å². The van der Waals surface area contributed by atoms with Crippen LogP contribution in [0.2, 0.25) is 5.02 Å². The molecule has 1 aromatic heterocycles. The Bertz CT molecular complexity index is 1070. The van der Waals surface area contributed by atoms with Gasteiger partial charge in [0.25, 0.3) is 5.56 Å². The first kappa shape index (κ1) is 21.6. The smallest absolute Gasteiger partial charge is 0.264 e. The lowest BCUT2D eigenvalue weighted by Crippen LogP contribution is -2.27. The number of aryl methyl sites for hydroxylation is 3. The number of halogens is 2. The Balaban J connectivity index is 1.85. The fraction of sp³-hybridized carbons (Fsp3) is 0.217. The van der Waals surface area contributed by atoms with Crippen LogP contribution >= 0.6 is 34.2 Å². The van der Waals surface area contributed by atoms with Crippen molar-refractivity contribution in [3.05, 3.63) is 95.4 Å². The molecule has 1 heterocycles. The molecule has 6 heteroatoms. The second kappa shape index (κ2) is 9.59. The highest BCUT2D eigenvalue weighted by atomic mass is 127. The third-order valence-electron chi connectivity index (χ3n) is 4.62.